The minimum atomic E-state index is -0.258. The van der Waals surface area contributed by atoms with E-state index in [2.05, 4.69) is 19.1 Å². The van der Waals surface area contributed by atoms with Gasteiger partial charge in [0.25, 0.3) is 0 Å². The molecule has 0 atom stereocenters. The van der Waals surface area contributed by atoms with Crippen molar-refractivity contribution in [3.05, 3.63) is 54.1 Å². The number of ether oxygens (including phenoxy) is 3. The number of unbranched alkanes of at least 4 members (excludes halogenated alkanes) is 7. The number of hydrogen-bond acceptors (Lipinski definition) is 4. The molecule has 0 fully saturated rings. The zero-order valence-electron chi connectivity index (χ0n) is 19.2. The maximum absolute atomic E-state index is 12.2. The third-order valence-corrected chi connectivity index (χ3v) is 5.30. The van der Waals surface area contributed by atoms with Gasteiger partial charge in [0.05, 0.1) is 18.8 Å². The second kappa shape index (κ2) is 15.5. The highest BCUT2D eigenvalue weighted by Crippen LogP contribution is 2.23. The standard InChI is InChI=1S/C27H38O4/c1-3-4-5-6-10-21-30-26-18-16-24(17-19-26)23-12-14-25(15-13-23)27(28)31-22-11-8-7-9-20-29-2/h12-19H,3-11,20-22H2,1-2H3. The Bertz CT molecular complexity index is 722. The predicted molar refractivity (Wildman–Crippen MR) is 127 cm³/mol. The predicted octanol–water partition coefficient (Wildman–Crippen LogP) is 7.07. The number of benzene rings is 2. The Morgan fingerprint density at radius 2 is 1.23 bits per heavy atom. The molecule has 0 radical (unpaired) electrons. The molecule has 0 bridgehead atoms. The van der Waals surface area contributed by atoms with Gasteiger partial charge in [-0.05, 0) is 61.1 Å². The first-order valence-corrected chi connectivity index (χ1v) is 11.7. The average molecular weight is 427 g/mol. The largest absolute Gasteiger partial charge is 0.494 e. The second-order valence-electron chi connectivity index (χ2n) is 7.91. The molecule has 0 N–H and O–H groups in total. The Hall–Kier alpha value is -2.33. The van der Waals surface area contributed by atoms with Crippen molar-refractivity contribution in [2.45, 2.75) is 64.7 Å². The molecule has 0 saturated heterocycles. The van der Waals surface area contributed by atoms with E-state index < -0.39 is 0 Å². The molecule has 31 heavy (non-hydrogen) atoms. The van der Waals surface area contributed by atoms with Crippen LogP contribution in [-0.2, 0) is 9.47 Å². The van der Waals surface area contributed by atoms with Crippen LogP contribution in [0.4, 0.5) is 0 Å². The van der Waals surface area contributed by atoms with E-state index in [1.807, 2.05) is 36.4 Å². The maximum atomic E-state index is 12.2. The molecule has 0 amide bonds. The quantitative estimate of drug-likeness (QED) is 0.213. The summed E-state index contributed by atoms with van der Waals surface area (Å²) in [6, 6.07) is 15.7. The van der Waals surface area contributed by atoms with E-state index >= 15 is 0 Å². The van der Waals surface area contributed by atoms with E-state index in [0.29, 0.717) is 12.2 Å². The summed E-state index contributed by atoms with van der Waals surface area (Å²) in [6.45, 7) is 4.26. The Kier molecular flexibility index (Phi) is 12.4. The highest BCUT2D eigenvalue weighted by Gasteiger charge is 2.07. The van der Waals surface area contributed by atoms with E-state index in [0.717, 1.165) is 62.2 Å². The van der Waals surface area contributed by atoms with E-state index in [-0.39, 0.29) is 5.97 Å². The van der Waals surface area contributed by atoms with Gasteiger partial charge in [-0.15, -0.1) is 0 Å². The molecule has 2 aromatic rings. The van der Waals surface area contributed by atoms with E-state index in [1.165, 1.54) is 25.7 Å². The Morgan fingerprint density at radius 1 is 0.677 bits per heavy atom. The van der Waals surface area contributed by atoms with Gasteiger partial charge in [0, 0.05) is 13.7 Å². The lowest BCUT2D eigenvalue weighted by molar-refractivity contribution is 0.0497. The number of rotatable bonds is 16. The normalized spacial score (nSPS) is 10.8. The van der Waals surface area contributed by atoms with Crippen LogP contribution < -0.4 is 4.74 Å². The van der Waals surface area contributed by atoms with Crippen LogP contribution in [0.15, 0.2) is 48.5 Å². The molecule has 0 aliphatic rings. The van der Waals surface area contributed by atoms with Crippen molar-refractivity contribution in [1.29, 1.82) is 0 Å². The molecule has 2 rings (SSSR count). The monoisotopic (exact) mass is 426 g/mol. The Labute approximate surface area is 187 Å². The van der Waals surface area contributed by atoms with Gasteiger partial charge in [0.2, 0.25) is 0 Å². The molecule has 0 saturated carbocycles. The summed E-state index contributed by atoms with van der Waals surface area (Å²) in [5.74, 6) is 0.646. The zero-order valence-corrected chi connectivity index (χ0v) is 19.2. The maximum Gasteiger partial charge on any atom is 0.338 e. The SMILES string of the molecule is CCCCCCCOc1ccc(-c2ccc(C(=O)OCCCCCCOC)cc2)cc1. The lowest BCUT2D eigenvalue weighted by atomic mass is 10.0. The first-order valence-electron chi connectivity index (χ1n) is 11.7. The Morgan fingerprint density at radius 3 is 1.84 bits per heavy atom. The Balaban J connectivity index is 1.72. The molecule has 0 aromatic heterocycles. The van der Waals surface area contributed by atoms with Crippen molar-refractivity contribution in [3.63, 3.8) is 0 Å². The first-order chi connectivity index (χ1) is 15.2. The molecule has 0 aliphatic carbocycles. The number of hydrogen-bond donors (Lipinski definition) is 0. The fraction of sp³-hybridized carbons (Fsp3) is 0.519. The molecule has 0 spiro atoms. The van der Waals surface area contributed by atoms with Crippen LogP contribution in [0.5, 0.6) is 5.75 Å². The molecule has 0 aliphatic heterocycles. The van der Waals surface area contributed by atoms with Crippen molar-refractivity contribution >= 4 is 5.97 Å². The number of methoxy groups -OCH3 is 1. The van der Waals surface area contributed by atoms with Crippen LogP contribution in [0.1, 0.15) is 75.1 Å². The van der Waals surface area contributed by atoms with Gasteiger partial charge < -0.3 is 14.2 Å². The van der Waals surface area contributed by atoms with Crippen LogP contribution in [0, 0.1) is 0 Å². The van der Waals surface area contributed by atoms with Gasteiger partial charge >= 0.3 is 5.97 Å². The van der Waals surface area contributed by atoms with Crippen molar-refractivity contribution < 1.29 is 19.0 Å². The lowest BCUT2D eigenvalue weighted by Crippen LogP contribution is -2.06. The molecule has 0 heterocycles. The van der Waals surface area contributed by atoms with Crippen molar-refractivity contribution in [1.82, 2.24) is 0 Å². The number of carbonyl (C=O) groups is 1. The van der Waals surface area contributed by atoms with Crippen LogP contribution in [-0.4, -0.2) is 32.9 Å². The highest BCUT2D eigenvalue weighted by molar-refractivity contribution is 5.90. The fourth-order valence-electron chi connectivity index (χ4n) is 3.39. The number of carbonyl (C=O) groups excluding carboxylic acids is 1. The van der Waals surface area contributed by atoms with Gasteiger partial charge in [0.15, 0.2) is 0 Å². The van der Waals surface area contributed by atoms with E-state index in [9.17, 15) is 4.79 Å². The molecule has 170 valence electrons. The van der Waals surface area contributed by atoms with Crippen molar-refractivity contribution in [2.75, 3.05) is 26.9 Å². The second-order valence-corrected chi connectivity index (χ2v) is 7.91. The fourth-order valence-corrected chi connectivity index (χ4v) is 3.39. The minimum Gasteiger partial charge on any atom is -0.494 e. The van der Waals surface area contributed by atoms with Gasteiger partial charge in [0.1, 0.15) is 5.75 Å². The summed E-state index contributed by atoms with van der Waals surface area (Å²) in [5.41, 5.74) is 2.76. The van der Waals surface area contributed by atoms with Gasteiger partial charge in [-0.25, -0.2) is 4.79 Å². The molecular formula is C27H38O4. The van der Waals surface area contributed by atoms with E-state index in [1.54, 1.807) is 7.11 Å². The summed E-state index contributed by atoms with van der Waals surface area (Å²) in [7, 11) is 1.72. The third-order valence-electron chi connectivity index (χ3n) is 5.30. The minimum absolute atomic E-state index is 0.258. The molecule has 4 heteroatoms. The molecular weight excluding hydrogens is 388 g/mol. The topological polar surface area (TPSA) is 44.8 Å². The average Bonchev–Trinajstić information content (AvgIpc) is 2.81. The van der Waals surface area contributed by atoms with Gasteiger partial charge in [-0.2, -0.15) is 0 Å². The molecule has 2 aromatic carbocycles. The van der Waals surface area contributed by atoms with Crippen LogP contribution in [0.25, 0.3) is 11.1 Å². The summed E-state index contributed by atoms with van der Waals surface area (Å²) in [5, 5.41) is 0. The summed E-state index contributed by atoms with van der Waals surface area (Å²) < 4.78 is 16.2. The van der Waals surface area contributed by atoms with Gasteiger partial charge in [-0.3, -0.25) is 0 Å². The van der Waals surface area contributed by atoms with Crippen LogP contribution in [0.3, 0.4) is 0 Å². The molecule has 0 unspecified atom stereocenters. The van der Waals surface area contributed by atoms with Gasteiger partial charge in [-0.1, -0.05) is 63.3 Å². The third kappa shape index (κ3) is 10.0. The summed E-state index contributed by atoms with van der Waals surface area (Å²) in [6.07, 6.45) is 10.3. The smallest absolute Gasteiger partial charge is 0.338 e. The zero-order chi connectivity index (χ0) is 22.2. The van der Waals surface area contributed by atoms with E-state index in [4.69, 9.17) is 14.2 Å². The van der Waals surface area contributed by atoms with Crippen LogP contribution in [0.2, 0.25) is 0 Å². The molecule has 4 nitrogen and oxygen atoms in total. The highest BCUT2D eigenvalue weighted by atomic mass is 16.5. The summed E-state index contributed by atoms with van der Waals surface area (Å²) in [4.78, 5) is 12.2. The lowest BCUT2D eigenvalue weighted by Gasteiger charge is -2.08. The number of esters is 1. The van der Waals surface area contributed by atoms with Crippen molar-refractivity contribution in [3.8, 4) is 16.9 Å². The first kappa shape index (κ1) is 24.9. The van der Waals surface area contributed by atoms with Crippen LogP contribution >= 0.6 is 0 Å². The summed E-state index contributed by atoms with van der Waals surface area (Å²) >= 11 is 0. The van der Waals surface area contributed by atoms with Crippen molar-refractivity contribution in [2.24, 2.45) is 0 Å².